The molecule has 0 N–H and O–H groups in total. The molecule has 0 atom stereocenters. The number of thiophene rings is 2. The van der Waals surface area contributed by atoms with Gasteiger partial charge in [-0.05, 0) is 69.9 Å². The zero-order valence-corrected chi connectivity index (χ0v) is 27.2. The molecule has 0 saturated heterocycles. The molecule has 10 rings (SSSR count). The van der Waals surface area contributed by atoms with Gasteiger partial charge in [-0.15, -0.1) is 22.7 Å². The number of benzene rings is 7. The van der Waals surface area contributed by atoms with Gasteiger partial charge in [-0.2, -0.15) is 0 Å². The highest BCUT2D eigenvalue weighted by atomic mass is 32.1. The lowest BCUT2D eigenvalue weighted by atomic mass is 9.82. The first-order valence-electron chi connectivity index (χ1n) is 15.9. The van der Waals surface area contributed by atoms with Crippen LogP contribution in [0.15, 0.2) is 140 Å². The van der Waals surface area contributed by atoms with Gasteiger partial charge in [0.1, 0.15) is 0 Å². The second-order valence-electron chi connectivity index (χ2n) is 12.9. The molecule has 2 aromatic heterocycles. The van der Waals surface area contributed by atoms with E-state index in [0.717, 1.165) is 0 Å². The van der Waals surface area contributed by atoms with Gasteiger partial charge >= 0.3 is 0 Å². The van der Waals surface area contributed by atoms with Crippen molar-refractivity contribution in [3.05, 3.63) is 151 Å². The standard InChI is InChI=1S/C43H29NS2/c1-43(2)35-13-6-3-12-34(35)41-36(43)14-9-15-37(41)44(28-20-23-32-30-10-4-7-16-38(30)45-40(32)25-28)27-19-22-29-26(24-27)18-21-33-31-11-5-8-17-39(31)46-42(29)33/h3-25H,1-2H3. The summed E-state index contributed by atoms with van der Waals surface area (Å²) in [5, 5.41) is 7.90. The number of fused-ring (bicyclic) bond motifs is 11. The van der Waals surface area contributed by atoms with Crippen molar-refractivity contribution in [1.29, 1.82) is 0 Å². The van der Waals surface area contributed by atoms with Crippen molar-refractivity contribution in [2.24, 2.45) is 0 Å². The van der Waals surface area contributed by atoms with Crippen molar-refractivity contribution >= 4 is 90.9 Å². The fourth-order valence-electron chi connectivity index (χ4n) is 7.84. The lowest BCUT2D eigenvalue weighted by molar-refractivity contribution is 0.660. The topological polar surface area (TPSA) is 3.24 Å². The Morgan fingerprint density at radius 2 is 1.11 bits per heavy atom. The van der Waals surface area contributed by atoms with Gasteiger partial charge in [0.15, 0.2) is 0 Å². The Bertz CT molecular complexity index is 2690. The van der Waals surface area contributed by atoms with E-state index < -0.39 is 0 Å². The van der Waals surface area contributed by atoms with Crippen LogP contribution in [0, 0.1) is 0 Å². The molecule has 0 aliphatic heterocycles. The van der Waals surface area contributed by atoms with Gasteiger partial charge in [-0.25, -0.2) is 0 Å². The molecule has 0 amide bonds. The third-order valence-electron chi connectivity index (χ3n) is 10.0. The van der Waals surface area contributed by atoms with Gasteiger partial charge in [0.25, 0.3) is 0 Å². The highest BCUT2D eigenvalue weighted by molar-refractivity contribution is 7.26. The van der Waals surface area contributed by atoms with Crippen LogP contribution in [0.3, 0.4) is 0 Å². The largest absolute Gasteiger partial charge is 0.310 e. The van der Waals surface area contributed by atoms with E-state index in [4.69, 9.17) is 0 Å². The van der Waals surface area contributed by atoms with Gasteiger partial charge in [0.05, 0.1) is 5.69 Å². The Morgan fingerprint density at radius 1 is 0.478 bits per heavy atom. The molecule has 0 radical (unpaired) electrons. The van der Waals surface area contributed by atoms with Crippen molar-refractivity contribution < 1.29 is 0 Å². The molecule has 7 aromatic carbocycles. The minimum Gasteiger partial charge on any atom is -0.310 e. The lowest BCUT2D eigenvalue weighted by Gasteiger charge is -2.29. The van der Waals surface area contributed by atoms with Crippen LogP contribution in [-0.4, -0.2) is 0 Å². The summed E-state index contributed by atoms with van der Waals surface area (Å²) in [4.78, 5) is 2.50. The Morgan fingerprint density at radius 3 is 1.96 bits per heavy atom. The molecule has 1 aliphatic carbocycles. The Hall–Kier alpha value is -4.96. The van der Waals surface area contributed by atoms with E-state index in [1.165, 1.54) is 90.4 Å². The molecule has 1 nitrogen and oxygen atoms in total. The second kappa shape index (κ2) is 9.53. The van der Waals surface area contributed by atoms with Crippen LogP contribution in [0.1, 0.15) is 25.0 Å². The third-order valence-corrected chi connectivity index (χ3v) is 12.4. The second-order valence-corrected chi connectivity index (χ2v) is 15.1. The molecule has 46 heavy (non-hydrogen) atoms. The van der Waals surface area contributed by atoms with Crippen molar-refractivity contribution in [3.63, 3.8) is 0 Å². The molecule has 0 saturated carbocycles. The molecule has 9 aromatic rings. The Labute approximate surface area is 275 Å². The van der Waals surface area contributed by atoms with Gasteiger partial charge in [-0.3, -0.25) is 0 Å². The predicted octanol–water partition coefficient (Wildman–Crippen LogP) is 13.4. The van der Waals surface area contributed by atoms with Crippen molar-refractivity contribution in [1.82, 2.24) is 0 Å². The Balaban J connectivity index is 1.24. The monoisotopic (exact) mass is 623 g/mol. The van der Waals surface area contributed by atoms with E-state index in [1.807, 2.05) is 22.7 Å². The van der Waals surface area contributed by atoms with Crippen molar-refractivity contribution in [2.45, 2.75) is 19.3 Å². The summed E-state index contributed by atoms with van der Waals surface area (Å²) in [6.45, 7) is 4.72. The van der Waals surface area contributed by atoms with Crippen molar-refractivity contribution in [2.75, 3.05) is 4.90 Å². The van der Waals surface area contributed by atoms with E-state index in [-0.39, 0.29) is 5.41 Å². The normalized spacial score (nSPS) is 13.6. The number of anilines is 3. The fourth-order valence-corrected chi connectivity index (χ4v) is 10.2. The summed E-state index contributed by atoms with van der Waals surface area (Å²) in [5.41, 5.74) is 8.94. The predicted molar refractivity (Wildman–Crippen MR) is 202 cm³/mol. The van der Waals surface area contributed by atoms with Gasteiger partial charge < -0.3 is 4.90 Å². The number of nitrogens with zero attached hydrogens (tertiary/aromatic N) is 1. The van der Waals surface area contributed by atoms with E-state index >= 15 is 0 Å². The van der Waals surface area contributed by atoms with E-state index in [2.05, 4.69) is 158 Å². The average Bonchev–Trinajstić information content (AvgIpc) is 3.73. The van der Waals surface area contributed by atoms with E-state index in [0.29, 0.717) is 0 Å². The van der Waals surface area contributed by atoms with Crippen molar-refractivity contribution in [3.8, 4) is 11.1 Å². The smallest absolute Gasteiger partial charge is 0.0543 e. The van der Waals surface area contributed by atoms with Crippen LogP contribution in [0.2, 0.25) is 0 Å². The molecule has 2 heterocycles. The van der Waals surface area contributed by atoms with E-state index in [9.17, 15) is 0 Å². The molecule has 218 valence electrons. The lowest BCUT2D eigenvalue weighted by Crippen LogP contribution is -2.16. The molecule has 0 fully saturated rings. The number of hydrogen-bond donors (Lipinski definition) is 0. The molecule has 1 aliphatic rings. The summed E-state index contributed by atoms with van der Waals surface area (Å²) >= 11 is 3.78. The number of hydrogen-bond acceptors (Lipinski definition) is 3. The SMILES string of the molecule is CC1(C)c2ccccc2-c2c(N(c3ccc4c(ccc5c6ccccc6sc45)c3)c3ccc4c(c3)sc3ccccc34)cccc21. The highest BCUT2D eigenvalue weighted by Crippen LogP contribution is 2.54. The van der Waals surface area contributed by atoms with Crippen LogP contribution < -0.4 is 4.90 Å². The average molecular weight is 624 g/mol. The summed E-state index contributed by atoms with van der Waals surface area (Å²) in [5.74, 6) is 0. The zero-order valence-electron chi connectivity index (χ0n) is 25.5. The maximum absolute atomic E-state index is 2.50. The van der Waals surface area contributed by atoms with Gasteiger partial charge in [-0.1, -0.05) is 111 Å². The quantitative estimate of drug-likeness (QED) is 0.189. The van der Waals surface area contributed by atoms with Crippen LogP contribution in [0.5, 0.6) is 0 Å². The minimum atomic E-state index is -0.0702. The first-order chi connectivity index (χ1) is 22.6. The summed E-state index contributed by atoms with van der Waals surface area (Å²) in [6, 6.07) is 52.1. The molecular formula is C43H29NS2. The molecule has 0 bridgehead atoms. The van der Waals surface area contributed by atoms with Gasteiger partial charge in [0, 0.05) is 62.7 Å². The first-order valence-corrected chi connectivity index (χ1v) is 17.5. The minimum absolute atomic E-state index is 0.0702. The van der Waals surface area contributed by atoms with Crippen LogP contribution in [0.25, 0.3) is 62.2 Å². The molecule has 0 unspecified atom stereocenters. The van der Waals surface area contributed by atoms with Gasteiger partial charge in [0.2, 0.25) is 0 Å². The maximum Gasteiger partial charge on any atom is 0.0543 e. The molecule has 0 spiro atoms. The molecular weight excluding hydrogens is 595 g/mol. The third kappa shape index (κ3) is 3.61. The summed E-state index contributed by atoms with van der Waals surface area (Å²) in [6.07, 6.45) is 0. The van der Waals surface area contributed by atoms with E-state index in [1.54, 1.807) is 0 Å². The fraction of sp³-hybridized carbons (Fsp3) is 0.0698. The van der Waals surface area contributed by atoms with Crippen LogP contribution >= 0.6 is 22.7 Å². The van der Waals surface area contributed by atoms with Crippen LogP contribution in [-0.2, 0) is 5.41 Å². The Kier molecular flexibility index (Phi) is 5.44. The summed E-state index contributed by atoms with van der Waals surface area (Å²) in [7, 11) is 0. The highest BCUT2D eigenvalue weighted by Gasteiger charge is 2.37. The molecule has 3 heteroatoms. The van der Waals surface area contributed by atoms with Crippen LogP contribution in [0.4, 0.5) is 17.1 Å². The number of rotatable bonds is 3. The maximum atomic E-state index is 2.50. The first kappa shape index (κ1) is 26.3. The zero-order chi connectivity index (χ0) is 30.6. The summed E-state index contributed by atoms with van der Waals surface area (Å²) < 4.78 is 5.34.